The highest BCUT2D eigenvalue weighted by Crippen LogP contribution is 2.30. The van der Waals surface area contributed by atoms with Gasteiger partial charge in [0.05, 0.1) is 12.2 Å². The molecule has 25 heavy (non-hydrogen) atoms. The molecule has 0 fully saturated rings. The second-order valence-electron chi connectivity index (χ2n) is 5.06. The van der Waals surface area contributed by atoms with Crippen LogP contribution in [0.3, 0.4) is 0 Å². The molecule has 0 saturated heterocycles. The van der Waals surface area contributed by atoms with Gasteiger partial charge in [-0.2, -0.15) is 4.98 Å². The summed E-state index contributed by atoms with van der Waals surface area (Å²) in [5, 5.41) is 12.7. The summed E-state index contributed by atoms with van der Waals surface area (Å²) in [6.45, 7) is 2.07. The zero-order valence-corrected chi connectivity index (χ0v) is 13.5. The van der Waals surface area contributed by atoms with Gasteiger partial charge in [0.1, 0.15) is 11.5 Å². The van der Waals surface area contributed by atoms with Crippen molar-refractivity contribution in [1.29, 1.82) is 0 Å². The van der Waals surface area contributed by atoms with Gasteiger partial charge >= 0.3 is 5.97 Å². The van der Waals surface area contributed by atoms with Crippen molar-refractivity contribution in [2.75, 3.05) is 13.2 Å². The van der Waals surface area contributed by atoms with Crippen molar-refractivity contribution in [3.05, 3.63) is 48.5 Å². The highest BCUT2D eigenvalue weighted by atomic mass is 16.5. The van der Waals surface area contributed by atoms with Gasteiger partial charge in [-0.05, 0) is 43.3 Å². The van der Waals surface area contributed by atoms with Crippen molar-refractivity contribution in [1.82, 2.24) is 10.1 Å². The number of hydrogen-bond donors (Lipinski definition) is 1. The number of carboxylic acid groups (broad SMARTS) is 1. The first kappa shape index (κ1) is 16.5. The normalized spacial score (nSPS) is 10.4. The van der Waals surface area contributed by atoms with E-state index in [0.29, 0.717) is 23.7 Å². The summed E-state index contributed by atoms with van der Waals surface area (Å²) in [6, 6.07) is 14.2. The molecule has 0 radical (unpaired) electrons. The summed E-state index contributed by atoms with van der Waals surface area (Å²) >= 11 is 0. The van der Waals surface area contributed by atoms with Gasteiger partial charge in [-0.3, -0.25) is 0 Å². The summed E-state index contributed by atoms with van der Waals surface area (Å²) in [4.78, 5) is 15.1. The number of carbonyl (C=O) groups is 1. The Labute approximate surface area is 143 Å². The number of nitrogens with zero attached hydrogens (tertiary/aromatic N) is 2. The Hall–Kier alpha value is -3.35. The van der Waals surface area contributed by atoms with Crippen LogP contribution in [0.2, 0.25) is 0 Å². The fraction of sp³-hybridized carbons (Fsp3) is 0.167. The molecule has 0 amide bonds. The molecule has 0 spiro atoms. The lowest BCUT2D eigenvalue weighted by molar-refractivity contribution is -0.139. The van der Waals surface area contributed by atoms with Crippen LogP contribution < -0.4 is 9.47 Å². The molecule has 0 aliphatic carbocycles. The van der Waals surface area contributed by atoms with Gasteiger partial charge < -0.3 is 19.1 Å². The fourth-order valence-electron chi connectivity index (χ4n) is 2.23. The third-order valence-corrected chi connectivity index (χ3v) is 3.32. The van der Waals surface area contributed by atoms with Crippen molar-refractivity contribution in [2.24, 2.45) is 0 Å². The smallest absolute Gasteiger partial charge is 0.341 e. The average molecular weight is 340 g/mol. The molecule has 1 aromatic heterocycles. The number of rotatable bonds is 7. The van der Waals surface area contributed by atoms with Crippen LogP contribution >= 0.6 is 0 Å². The van der Waals surface area contributed by atoms with E-state index >= 15 is 0 Å². The molecular formula is C18H16N2O5. The van der Waals surface area contributed by atoms with E-state index in [-0.39, 0.29) is 5.89 Å². The molecule has 0 saturated carbocycles. The lowest BCUT2D eigenvalue weighted by Gasteiger charge is -2.06. The van der Waals surface area contributed by atoms with Crippen LogP contribution in [-0.2, 0) is 4.79 Å². The number of carboxylic acids is 1. The second kappa shape index (κ2) is 7.48. The van der Waals surface area contributed by atoms with Crippen LogP contribution in [-0.4, -0.2) is 34.4 Å². The van der Waals surface area contributed by atoms with Gasteiger partial charge in [0.25, 0.3) is 5.89 Å². The Kier molecular flexibility index (Phi) is 4.94. The topological polar surface area (TPSA) is 94.7 Å². The SMILES string of the molecule is CCOc1ccc(-c2noc(-c3ccccc3OCC(=O)O)n2)cc1. The number of aliphatic carboxylic acids is 1. The molecule has 0 bridgehead atoms. The van der Waals surface area contributed by atoms with Crippen molar-refractivity contribution in [3.8, 4) is 34.3 Å². The molecule has 0 atom stereocenters. The number of benzene rings is 2. The molecule has 1 heterocycles. The van der Waals surface area contributed by atoms with Crippen molar-refractivity contribution >= 4 is 5.97 Å². The van der Waals surface area contributed by atoms with Crippen molar-refractivity contribution in [3.63, 3.8) is 0 Å². The molecule has 7 heteroatoms. The maximum atomic E-state index is 10.7. The van der Waals surface area contributed by atoms with Crippen molar-refractivity contribution in [2.45, 2.75) is 6.92 Å². The minimum atomic E-state index is -1.06. The first-order chi connectivity index (χ1) is 12.2. The van der Waals surface area contributed by atoms with Gasteiger partial charge in [-0.1, -0.05) is 17.3 Å². The quantitative estimate of drug-likeness (QED) is 0.705. The van der Waals surface area contributed by atoms with Crippen molar-refractivity contribution < 1.29 is 23.9 Å². The third-order valence-electron chi connectivity index (χ3n) is 3.32. The van der Waals surface area contributed by atoms with Crippen LogP contribution in [0.1, 0.15) is 6.92 Å². The first-order valence-corrected chi connectivity index (χ1v) is 7.68. The third kappa shape index (κ3) is 3.95. The predicted octanol–water partition coefficient (Wildman–Crippen LogP) is 3.27. The fourth-order valence-corrected chi connectivity index (χ4v) is 2.23. The minimum absolute atomic E-state index is 0.255. The number of hydrogen-bond acceptors (Lipinski definition) is 6. The monoisotopic (exact) mass is 340 g/mol. The number of ether oxygens (including phenoxy) is 2. The van der Waals surface area contributed by atoms with Crippen LogP contribution in [0.4, 0.5) is 0 Å². The maximum Gasteiger partial charge on any atom is 0.341 e. The van der Waals surface area contributed by atoms with E-state index in [9.17, 15) is 4.79 Å². The van der Waals surface area contributed by atoms with E-state index in [1.807, 2.05) is 31.2 Å². The zero-order chi connectivity index (χ0) is 17.6. The minimum Gasteiger partial charge on any atom is -0.494 e. The Balaban J connectivity index is 1.85. The molecule has 128 valence electrons. The predicted molar refractivity (Wildman–Crippen MR) is 89.5 cm³/mol. The van der Waals surface area contributed by atoms with Crippen LogP contribution in [0.15, 0.2) is 53.1 Å². The summed E-state index contributed by atoms with van der Waals surface area (Å²) in [6.07, 6.45) is 0. The first-order valence-electron chi connectivity index (χ1n) is 7.68. The van der Waals surface area contributed by atoms with Gasteiger partial charge in [0.15, 0.2) is 6.61 Å². The van der Waals surface area contributed by atoms with E-state index in [4.69, 9.17) is 19.1 Å². The molecule has 7 nitrogen and oxygen atoms in total. The lowest BCUT2D eigenvalue weighted by Crippen LogP contribution is -2.09. The van der Waals surface area contributed by atoms with E-state index in [0.717, 1.165) is 11.3 Å². The standard InChI is InChI=1S/C18H16N2O5/c1-2-23-13-9-7-12(8-10-13)17-19-18(25-20-17)14-5-3-4-6-15(14)24-11-16(21)22/h3-10H,2,11H2,1H3,(H,21,22). The van der Waals surface area contributed by atoms with E-state index < -0.39 is 12.6 Å². The lowest BCUT2D eigenvalue weighted by atomic mass is 10.2. The Morgan fingerprint density at radius 1 is 1.12 bits per heavy atom. The Morgan fingerprint density at radius 3 is 2.60 bits per heavy atom. The van der Waals surface area contributed by atoms with Gasteiger partial charge in [0.2, 0.25) is 5.82 Å². The van der Waals surface area contributed by atoms with Crippen LogP contribution in [0, 0.1) is 0 Å². The highest BCUT2D eigenvalue weighted by molar-refractivity contribution is 5.70. The van der Waals surface area contributed by atoms with Gasteiger partial charge in [-0.15, -0.1) is 0 Å². The summed E-state index contributed by atoms with van der Waals surface area (Å²) < 4.78 is 16.0. The zero-order valence-electron chi connectivity index (χ0n) is 13.5. The molecule has 0 aliphatic rings. The maximum absolute atomic E-state index is 10.7. The largest absolute Gasteiger partial charge is 0.494 e. The molecule has 3 rings (SSSR count). The average Bonchev–Trinajstić information content (AvgIpc) is 3.11. The second-order valence-corrected chi connectivity index (χ2v) is 5.06. The molecule has 2 aromatic carbocycles. The summed E-state index contributed by atoms with van der Waals surface area (Å²) in [5.74, 6) is 0.751. The molecule has 0 unspecified atom stereocenters. The molecule has 1 N–H and O–H groups in total. The van der Waals surface area contributed by atoms with Gasteiger partial charge in [-0.25, -0.2) is 4.79 Å². The Bertz CT molecular complexity index is 858. The van der Waals surface area contributed by atoms with Crippen LogP contribution in [0.25, 0.3) is 22.8 Å². The van der Waals surface area contributed by atoms with E-state index in [1.54, 1.807) is 24.3 Å². The summed E-state index contributed by atoms with van der Waals surface area (Å²) in [5.41, 5.74) is 1.32. The summed E-state index contributed by atoms with van der Waals surface area (Å²) in [7, 11) is 0. The van der Waals surface area contributed by atoms with Gasteiger partial charge in [0, 0.05) is 5.56 Å². The van der Waals surface area contributed by atoms with E-state index in [1.165, 1.54) is 0 Å². The highest BCUT2D eigenvalue weighted by Gasteiger charge is 2.15. The van der Waals surface area contributed by atoms with Crippen LogP contribution in [0.5, 0.6) is 11.5 Å². The molecular weight excluding hydrogens is 324 g/mol. The number of para-hydroxylation sites is 1. The number of aromatic nitrogens is 2. The van der Waals surface area contributed by atoms with E-state index in [2.05, 4.69) is 10.1 Å². The molecule has 0 aliphatic heterocycles. The Morgan fingerprint density at radius 2 is 1.88 bits per heavy atom. The molecule has 3 aromatic rings.